The molecule has 1 amide bonds. The minimum atomic E-state index is 0.326. The lowest BCUT2D eigenvalue weighted by Gasteiger charge is -2.34. The van der Waals surface area contributed by atoms with Gasteiger partial charge in [0.1, 0.15) is 0 Å². The van der Waals surface area contributed by atoms with E-state index in [1.807, 2.05) is 7.05 Å². The molecule has 1 N–H and O–H groups in total. The van der Waals surface area contributed by atoms with Crippen LogP contribution < -0.4 is 10.2 Å². The van der Waals surface area contributed by atoms with E-state index in [2.05, 4.69) is 34.5 Å². The number of hydrogen-bond acceptors (Lipinski definition) is 2. The van der Waals surface area contributed by atoms with E-state index in [9.17, 15) is 4.79 Å². The molecule has 2 saturated carbocycles. The van der Waals surface area contributed by atoms with E-state index in [0.29, 0.717) is 29.7 Å². The average Bonchev–Trinajstić information content (AvgIpc) is 3.27. The Morgan fingerprint density at radius 2 is 1.86 bits per heavy atom. The molecule has 0 bridgehead atoms. The van der Waals surface area contributed by atoms with E-state index in [0.717, 1.165) is 18.7 Å². The Morgan fingerprint density at radius 1 is 1.14 bits per heavy atom. The van der Waals surface area contributed by atoms with Gasteiger partial charge in [-0.25, -0.2) is 0 Å². The summed E-state index contributed by atoms with van der Waals surface area (Å²) in [6, 6.07) is 8.79. The monoisotopic (exact) mass is 284 g/mol. The number of anilines is 1. The van der Waals surface area contributed by atoms with E-state index in [1.165, 1.54) is 31.2 Å². The second kappa shape index (κ2) is 5.13. The van der Waals surface area contributed by atoms with Crippen LogP contribution in [-0.2, 0) is 4.79 Å². The molecule has 0 spiro atoms. The van der Waals surface area contributed by atoms with Crippen molar-refractivity contribution in [2.24, 2.45) is 17.8 Å². The number of nitrogens with one attached hydrogen (secondary N) is 1. The highest BCUT2D eigenvalue weighted by atomic mass is 16.2. The van der Waals surface area contributed by atoms with E-state index in [1.54, 1.807) is 0 Å². The Bertz CT molecular complexity index is 544. The van der Waals surface area contributed by atoms with E-state index in [-0.39, 0.29) is 0 Å². The lowest BCUT2D eigenvalue weighted by Crippen LogP contribution is -2.40. The summed E-state index contributed by atoms with van der Waals surface area (Å²) in [6.07, 6.45) is 6.21. The smallest absolute Gasteiger partial charge is 0.230 e. The zero-order valence-electron chi connectivity index (χ0n) is 12.7. The van der Waals surface area contributed by atoms with E-state index < -0.39 is 0 Å². The molecule has 1 aliphatic heterocycles. The van der Waals surface area contributed by atoms with Crippen LogP contribution in [0.3, 0.4) is 0 Å². The molecule has 1 aromatic carbocycles. The number of amides is 1. The first kappa shape index (κ1) is 13.3. The predicted molar refractivity (Wildman–Crippen MR) is 84.2 cm³/mol. The number of rotatable bonds is 2. The quantitative estimate of drug-likeness (QED) is 0.905. The van der Waals surface area contributed by atoms with Gasteiger partial charge in [-0.2, -0.15) is 0 Å². The van der Waals surface area contributed by atoms with Crippen LogP contribution in [0.1, 0.15) is 43.7 Å². The standard InChI is InChI=1S/C18H24N2O/c1-19-15-10-11-20(16-9-5-4-8-14(15)16)18(21)17-12-6-2-3-7-13(12)17/h4-5,8-9,12-13,15,17,19H,2-3,6-7,10-11H2,1H3. The van der Waals surface area contributed by atoms with E-state index >= 15 is 0 Å². The summed E-state index contributed by atoms with van der Waals surface area (Å²) >= 11 is 0. The van der Waals surface area contributed by atoms with Crippen molar-refractivity contribution in [3.8, 4) is 0 Å². The second-order valence-corrected chi connectivity index (χ2v) is 6.82. The second-order valence-electron chi connectivity index (χ2n) is 6.82. The first-order chi connectivity index (χ1) is 10.3. The fourth-order valence-electron chi connectivity index (χ4n) is 4.63. The fraction of sp³-hybridized carbons (Fsp3) is 0.611. The molecule has 1 heterocycles. The van der Waals surface area contributed by atoms with Gasteiger partial charge in [-0.1, -0.05) is 31.0 Å². The molecule has 0 aromatic heterocycles. The zero-order valence-corrected chi connectivity index (χ0v) is 12.7. The van der Waals surface area contributed by atoms with Gasteiger partial charge in [0.25, 0.3) is 0 Å². The number of para-hydroxylation sites is 1. The Balaban J connectivity index is 1.60. The topological polar surface area (TPSA) is 32.3 Å². The summed E-state index contributed by atoms with van der Waals surface area (Å²) in [7, 11) is 2.01. The van der Waals surface area contributed by atoms with E-state index in [4.69, 9.17) is 0 Å². The average molecular weight is 284 g/mol. The Labute approximate surface area is 126 Å². The maximum absolute atomic E-state index is 13.0. The van der Waals surface area contributed by atoms with Crippen LogP contribution in [-0.4, -0.2) is 19.5 Å². The van der Waals surface area contributed by atoms with Crippen molar-refractivity contribution in [1.29, 1.82) is 0 Å². The van der Waals surface area contributed by atoms with Gasteiger partial charge >= 0.3 is 0 Å². The molecule has 3 nitrogen and oxygen atoms in total. The molecule has 2 fully saturated rings. The van der Waals surface area contributed by atoms with Gasteiger partial charge in [0.15, 0.2) is 0 Å². The molecule has 0 radical (unpaired) electrons. The number of benzene rings is 1. The minimum absolute atomic E-state index is 0.326. The van der Waals surface area contributed by atoms with Crippen LogP contribution in [0, 0.1) is 17.8 Å². The highest BCUT2D eigenvalue weighted by molar-refractivity contribution is 5.98. The zero-order chi connectivity index (χ0) is 14.4. The van der Waals surface area contributed by atoms with Crippen LogP contribution in [0.5, 0.6) is 0 Å². The number of hydrogen-bond donors (Lipinski definition) is 1. The van der Waals surface area contributed by atoms with Gasteiger partial charge in [0.2, 0.25) is 5.91 Å². The first-order valence-corrected chi connectivity index (χ1v) is 8.39. The normalized spacial score (nSPS) is 34.0. The van der Waals surface area contributed by atoms with Crippen LogP contribution in [0.4, 0.5) is 5.69 Å². The molecule has 3 heteroatoms. The lowest BCUT2D eigenvalue weighted by molar-refractivity contribution is -0.120. The molecule has 0 saturated heterocycles. The number of carbonyl (C=O) groups is 1. The third kappa shape index (κ3) is 2.10. The SMILES string of the molecule is CNC1CCN(C(=O)C2C3CCCCC32)c2ccccc21. The van der Waals surface area contributed by atoms with Crippen molar-refractivity contribution in [2.75, 3.05) is 18.5 Å². The third-order valence-corrected chi connectivity index (χ3v) is 5.80. The molecule has 3 unspecified atom stereocenters. The van der Waals surface area contributed by atoms with Crippen molar-refractivity contribution < 1.29 is 4.79 Å². The van der Waals surface area contributed by atoms with Crippen LogP contribution >= 0.6 is 0 Å². The van der Waals surface area contributed by atoms with Crippen molar-refractivity contribution in [3.05, 3.63) is 29.8 Å². The number of carbonyl (C=O) groups excluding carboxylic acids is 1. The van der Waals surface area contributed by atoms with Gasteiger partial charge in [-0.05, 0) is 49.8 Å². The van der Waals surface area contributed by atoms with Gasteiger partial charge in [-0.3, -0.25) is 4.79 Å². The van der Waals surface area contributed by atoms with Crippen LogP contribution in [0.2, 0.25) is 0 Å². The Morgan fingerprint density at radius 3 is 2.57 bits per heavy atom. The third-order valence-electron chi connectivity index (χ3n) is 5.80. The fourth-order valence-corrected chi connectivity index (χ4v) is 4.63. The van der Waals surface area contributed by atoms with Gasteiger partial charge in [0.05, 0.1) is 0 Å². The Hall–Kier alpha value is -1.35. The summed E-state index contributed by atoms with van der Waals surface area (Å²) < 4.78 is 0. The maximum atomic E-state index is 13.0. The van der Waals surface area contributed by atoms with Crippen molar-refractivity contribution >= 4 is 11.6 Å². The molecule has 21 heavy (non-hydrogen) atoms. The minimum Gasteiger partial charge on any atom is -0.313 e. The summed E-state index contributed by atoms with van der Waals surface area (Å²) in [5.41, 5.74) is 2.42. The van der Waals surface area contributed by atoms with Crippen molar-refractivity contribution in [2.45, 2.75) is 38.1 Å². The lowest BCUT2D eigenvalue weighted by atomic mass is 9.96. The maximum Gasteiger partial charge on any atom is 0.230 e. The number of nitrogens with zero attached hydrogens (tertiary/aromatic N) is 1. The van der Waals surface area contributed by atoms with Gasteiger partial charge in [-0.15, -0.1) is 0 Å². The molecule has 112 valence electrons. The summed E-state index contributed by atoms with van der Waals surface area (Å²) in [6.45, 7) is 0.858. The molecule has 3 aliphatic rings. The number of fused-ring (bicyclic) bond motifs is 2. The Kier molecular flexibility index (Phi) is 3.26. The molecule has 4 rings (SSSR count). The largest absolute Gasteiger partial charge is 0.313 e. The van der Waals surface area contributed by atoms with Gasteiger partial charge in [0, 0.05) is 24.2 Å². The van der Waals surface area contributed by atoms with Crippen LogP contribution in [0.25, 0.3) is 0 Å². The molecular weight excluding hydrogens is 260 g/mol. The first-order valence-electron chi connectivity index (χ1n) is 8.39. The summed E-state index contributed by atoms with van der Waals surface area (Å²) in [4.78, 5) is 15.1. The molecule has 2 aliphatic carbocycles. The molecular formula is C18H24N2O. The summed E-state index contributed by atoms with van der Waals surface area (Å²) in [5.74, 6) is 2.11. The van der Waals surface area contributed by atoms with Crippen LogP contribution in [0.15, 0.2) is 24.3 Å². The predicted octanol–water partition coefficient (Wildman–Crippen LogP) is 3.12. The highest BCUT2D eigenvalue weighted by Crippen LogP contribution is 2.56. The highest BCUT2D eigenvalue weighted by Gasteiger charge is 2.56. The van der Waals surface area contributed by atoms with Gasteiger partial charge < -0.3 is 10.2 Å². The van der Waals surface area contributed by atoms with Crippen molar-refractivity contribution in [1.82, 2.24) is 5.32 Å². The van der Waals surface area contributed by atoms with Crippen molar-refractivity contribution in [3.63, 3.8) is 0 Å². The summed E-state index contributed by atoms with van der Waals surface area (Å²) in [5, 5.41) is 3.38. The molecule has 1 aromatic rings. The molecule has 3 atom stereocenters.